The van der Waals surface area contributed by atoms with Crippen LogP contribution in [0.1, 0.15) is 17.5 Å². The van der Waals surface area contributed by atoms with Gasteiger partial charge in [0.05, 0.1) is 19.2 Å². The van der Waals surface area contributed by atoms with Crippen LogP contribution in [-0.4, -0.2) is 36.2 Å². The minimum absolute atomic E-state index is 0.0276. The third-order valence-electron chi connectivity index (χ3n) is 4.98. The van der Waals surface area contributed by atoms with Gasteiger partial charge in [-0.3, -0.25) is 14.5 Å². The molecule has 0 unspecified atom stereocenters. The summed E-state index contributed by atoms with van der Waals surface area (Å²) < 4.78 is 5.21. The highest BCUT2D eigenvalue weighted by Crippen LogP contribution is 2.31. The Hall–Kier alpha value is -3.71. The highest BCUT2D eigenvalue weighted by Gasteiger charge is 2.27. The molecule has 2 aromatic carbocycles. The fourth-order valence-corrected chi connectivity index (χ4v) is 3.60. The monoisotopic (exact) mass is 448 g/mol. The van der Waals surface area contributed by atoms with Crippen LogP contribution in [0.3, 0.4) is 0 Å². The number of nitrogens with zero attached hydrogens (tertiary/aromatic N) is 3. The lowest BCUT2D eigenvalue weighted by Crippen LogP contribution is -2.41. The van der Waals surface area contributed by atoms with Crippen molar-refractivity contribution in [2.45, 2.75) is 13.0 Å². The number of amides is 2. The molecule has 0 radical (unpaired) electrons. The molecule has 2 heterocycles. The SMILES string of the molecule is COc1cccc(CNC(=O)CN2C(=O)CC(c3cccc(Cl)c3)=Nc3cccnc32)c1. The second-order valence-electron chi connectivity index (χ2n) is 7.20. The van der Waals surface area contributed by atoms with E-state index in [1.807, 2.05) is 36.4 Å². The maximum Gasteiger partial charge on any atom is 0.240 e. The lowest BCUT2D eigenvalue weighted by molar-refractivity contribution is -0.123. The van der Waals surface area contributed by atoms with Crippen molar-refractivity contribution in [3.05, 3.63) is 83.0 Å². The topological polar surface area (TPSA) is 83.9 Å². The highest BCUT2D eigenvalue weighted by atomic mass is 35.5. The fourth-order valence-electron chi connectivity index (χ4n) is 3.41. The van der Waals surface area contributed by atoms with Crippen LogP contribution >= 0.6 is 11.6 Å². The Morgan fingerprint density at radius 2 is 2.00 bits per heavy atom. The minimum Gasteiger partial charge on any atom is -0.497 e. The number of hydrogen-bond acceptors (Lipinski definition) is 5. The van der Waals surface area contributed by atoms with Crippen LogP contribution in [0.15, 0.2) is 71.9 Å². The highest BCUT2D eigenvalue weighted by molar-refractivity contribution is 6.31. The maximum absolute atomic E-state index is 13.1. The van der Waals surface area contributed by atoms with Crippen LogP contribution in [0.5, 0.6) is 5.75 Å². The second kappa shape index (κ2) is 9.62. The van der Waals surface area contributed by atoms with E-state index in [2.05, 4.69) is 15.3 Å². The number of benzene rings is 2. The molecule has 0 bridgehead atoms. The quantitative estimate of drug-likeness (QED) is 0.619. The van der Waals surface area contributed by atoms with Crippen LogP contribution in [0.4, 0.5) is 11.5 Å². The molecule has 0 fully saturated rings. The van der Waals surface area contributed by atoms with E-state index in [1.165, 1.54) is 4.90 Å². The van der Waals surface area contributed by atoms with Crippen LogP contribution in [0, 0.1) is 0 Å². The van der Waals surface area contributed by atoms with Crippen molar-refractivity contribution < 1.29 is 14.3 Å². The summed E-state index contributed by atoms with van der Waals surface area (Å²) in [5.74, 6) is 0.496. The smallest absolute Gasteiger partial charge is 0.240 e. The van der Waals surface area contributed by atoms with Gasteiger partial charge in [-0.1, -0.05) is 35.9 Å². The Kier molecular flexibility index (Phi) is 6.47. The lowest BCUT2D eigenvalue weighted by Gasteiger charge is -2.20. The summed E-state index contributed by atoms with van der Waals surface area (Å²) in [4.78, 5) is 36.2. The molecule has 8 heteroatoms. The molecule has 162 valence electrons. The van der Waals surface area contributed by atoms with E-state index in [9.17, 15) is 9.59 Å². The normalized spacial score (nSPS) is 13.1. The van der Waals surface area contributed by atoms with Gasteiger partial charge in [0.1, 0.15) is 18.0 Å². The Labute approximate surface area is 190 Å². The van der Waals surface area contributed by atoms with Crippen LogP contribution in [-0.2, 0) is 16.1 Å². The number of anilines is 1. The number of pyridine rings is 1. The predicted octanol–water partition coefficient (Wildman–Crippen LogP) is 3.92. The predicted molar refractivity (Wildman–Crippen MR) is 124 cm³/mol. The molecule has 1 N–H and O–H groups in total. The summed E-state index contributed by atoms with van der Waals surface area (Å²) in [6.07, 6.45) is 1.60. The number of fused-ring (bicyclic) bond motifs is 1. The van der Waals surface area contributed by atoms with Gasteiger partial charge in [-0.2, -0.15) is 0 Å². The standard InChI is InChI=1S/C24H21ClN4O3/c1-32-19-8-2-5-16(11-19)14-27-22(30)15-29-23(31)13-21(17-6-3-7-18(25)12-17)28-20-9-4-10-26-24(20)29/h2-12H,13-15H2,1H3,(H,27,30). The van der Waals surface area contributed by atoms with Crippen LogP contribution < -0.4 is 15.0 Å². The molecule has 1 aliphatic rings. The van der Waals surface area contributed by atoms with Crippen molar-refractivity contribution in [1.82, 2.24) is 10.3 Å². The number of nitrogens with one attached hydrogen (secondary N) is 1. The van der Waals surface area contributed by atoms with Gasteiger partial charge in [-0.15, -0.1) is 0 Å². The van der Waals surface area contributed by atoms with E-state index in [1.54, 1.807) is 37.6 Å². The second-order valence-corrected chi connectivity index (χ2v) is 7.64. The lowest BCUT2D eigenvalue weighted by atomic mass is 10.1. The van der Waals surface area contributed by atoms with E-state index in [0.29, 0.717) is 34.5 Å². The molecule has 4 rings (SSSR count). The number of aromatic nitrogens is 1. The Morgan fingerprint density at radius 1 is 1.16 bits per heavy atom. The van der Waals surface area contributed by atoms with Gasteiger partial charge in [0.15, 0.2) is 5.82 Å². The van der Waals surface area contributed by atoms with Crippen molar-refractivity contribution in [1.29, 1.82) is 0 Å². The van der Waals surface area contributed by atoms with Gasteiger partial charge >= 0.3 is 0 Å². The molecule has 0 spiro atoms. The van der Waals surface area contributed by atoms with Crippen molar-refractivity contribution in [3.63, 3.8) is 0 Å². The summed E-state index contributed by atoms with van der Waals surface area (Å²) in [6.45, 7) is 0.155. The van der Waals surface area contributed by atoms with Crippen molar-refractivity contribution in [2.75, 3.05) is 18.6 Å². The number of ether oxygens (including phenoxy) is 1. The summed E-state index contributed by atoms with van der Waals surface area (Å²) in [6, 6.07) is 18.1. The Bertz CT molecular complexity index is 1200. The number of halogens is 1. The van der Waals surface area contributed by atoms with Gasteiger partial charge in [-0.05, 0) is 47.5 Å². The Balaban J connectivity index is 1.52. The van der Waals surface area contributed by atoms with Crippen LogP contribution in [0.25, 0.3) is 0 Å². The van der Waals surface area contributed by atoms with Gasteiger partial charge < -0.3 is 10.1 Å². The molecule has 0 saturated carbocycles. The average Bonchev–Trinajstić information content (AvgIpc) is 2.94. The molecule has 32 heavy (non-hydrogen) atoms. The van der Waals surface area contributed by atoms with E-state index >= 15 is 0 Å². The van der Waals surface area contributed by atoms with E-state index < -0.39 is 0 Å². The molecular weight excluding hydrogens is 428 g/mol. The first kappa shape index (κ1) is 21.5. The molecule has 3 aromatic rings. The number of carbonyl (C=O) groups is 2. The van der Waals surface area contributed by atoms with Gasteiger partial charge in [0.2, 0.25) is 11.8 Å². The number of carbonyl (C=O) groups excluding carboxylic acids is 2. The molecule has 1 aromatic heterocycles. The zero-order chi connectivity index (χ0) is 22.5. The molecule has 7 nitrogen and oxygen atoms in total. The third kappa shape index (κ3) is 4.95. The zero-order valence-corrected chi connectivity index (χ0v) is 18.2. The van der Waals surface area contributed by atoms with Gasteiger partial charge in [0, 0.05) is 17.8 Å². The number of hydrogen-bond donors (Lipinski definition) is 1. The van der Waals surface area contributed by atoms with Gasteiger partial charge in [-0.25, -0.2) is 9.98 Å². The Morgan fingerprint density at radius 3 is 2.81 bits per heavy atom. The molecule has 0 aliphatic carbocycles. The first-order valence-corrected chi connectivity index (χ1v) is 10.4. The summed E-state index contributed by atoms with van der Waals surface area (Å²) in [5, 5.41) is 3.41. The van der Waals surface area contributed by atoms with E-state index in [-0.39, 0.29) is 24.8 Å². The molecular formula is C24H21ClN4O3. The van der Waals surface area contributed by atoms with Gasteiger partial charge in [0.25, 0.3) is 0 Å². The molecule has 1 aliphatic heterocycles. The first-order chi connectivity index (χ1) is 15.5. The van der Waals surface area contributed by atoms with E-state index in [4.69, 9.17) is 16.3 Å². The number of aliphatic imine (C=N–C) groups is 1. The summed E-state index contributed by atoms with van der Waals surface area (Å²) in [7, 11) is 1.59. The first-order valence-electron chi connectivity index (χ1n) is 10.0. The van der Waals surface area contributed by atoms with Crippen LogP contribution in [0.2, 0.25) is 5.02 Å². The molecule has 2 amide bonds. The number of methoxy groups -OCH3 is 1. The molecule has 0 atom stereocenters. The van der Waals surface area contributed by atoms with Crippen molar-refractivity contribution in [3.8, 4) is 5.75 Å². The third-order valence-corrected chi connectivity index (χ3v) is 5.22. The fraction of sp³-hybridized carbons (Fsp3) is 0.167. The maximum atomic E-state index is 13.1. The average molecular weight is 449 g/mol. The van der Waals surface area contributed by atoms with Crippen molar-refractivity contribution >= 4 is 40.6 Å². The zero-order valence-electron chi connectivity index (χ0n) is 17.4. The molecule has 0 saturated heterocycles. The summed E-state index contributed by atoms with van der Waals surface area (Å²) >= 11 is 6.12. The number of rotatable bonds is 6. The minimum atomic E-state index is -0.302. The van der Waals surface area contributed by atoms with E-state index in [0.717, 1.165) is 11.1 Å². The largest absolute Gasteiger partial charge is 0.497 e. The summed E-state index contributed by atoms with van der Waals surface area (Å²) in [5.41, 5.74) is 2.75. The van der Waals surface area contributed by atoms with Crippen molar-refractivity contribution in [2.24, 2.45) is 4.99 Å².